The molecule has 0 heterocycles. The number of nitrogens with one attached hydrogen (secondary N) is 2. The SMILES string of the molecule is O=C(Nc1cccc(O)c1)c1cccc(S(=O)(=O)Nc2ccccc2F)c1. The maximum absolute atomic E-state index is 13.7. The van der Waals surface area contributed by atoms with Gasteiger partial charge in [0, 0.05) is 17.3 Å². The number of carbonyl (C=O) groups excluding carboxylic acids is 1. The van der Waals surface area contributed by atoms with Crippen LogP contribution < -0.4 is 10.0 Å². The van der Waals surface area contributed by atoms with Crippen LogP contribution in [0.25, 0.3) is 0 Å². The third kappa shape index (κ3) is 4.42. The highest BCUT2D eigenvalue weighted by atomic mass is 32.2. The van der Waals surface area contributed by atoms with Gasteiger partial charge in [-0.2, -0.15) is 0 Å². The molecule has 0 aliphatic heterocycles. The minimum atomic E-state index is -4.08. The van der Waals surface area contributed by atoms with Crippen LogP contribution in [0.15, 0.2) is 77.7 Å². The van der Waals surface area contributed by atoms with E-state index in [4.69, 9.17) is 0 Å². The van der Waals surface area contributed by atoms with Gasteiger partial charge in [0.25, 0.3) is 15.9 Å². The van der Waals surface area contributed by atoms with Crippen molar-refractivity contribution in [2.75, 3.05) is 10.0 Å². The Morgan fingerprint density at radius 3 is 2.41 bits per heavy atom. The number of amides is 1. The second-order valence-electron chi connectivity index (χ2n) is 5.62. The number of hydrogen-bond donors (Lipinski definition) is 3. The number of halogens is 1. The molecule has 0 saturated carbocycles. The van der Waals surface area contributed by atoms with Crippen molar-refractivity contribution >= 4 is 27.3 Å². The fourth-order valence-corrected chi connectivity index (χ4v) is 3.45. The van der Waals surface area contributed by atoms with Gasteiger partial charge in [0.2, 0.25) is 0 Å². The molecule has 0 aromatic heterocycles. The lowest BCUT2D eigenvalue weighted by Crippen LogP contribution is -2.16. The van der Waals surface area contributed by atoms with Gasteiger partial charge in [-0.1, -0.05) is 24.3 Å². The van der Waals surface area contributed by atoms with E-state index in [2.05, 4.69) is 10.0 Å². The molecule has 138 valence electrons. The normalized spacial score (nSPS) is 11.0. The molecule has 3 N–H and O–H groups in total. The fourth-order valence-electron chi connectivity index (χ4n) is 2.34. The topological polar surface area (TPSA) is 95.5 Å². The number of aromatic hydroxyl groups is 1. The molecule has 27 heavy (non-hydrogen) atoms. The molecule has 0 aliphatic rings. The van der Waals surface area contributed by atoms with Crippen LogP contribution in [-0.4, -0.2) is 19.4 Å². The van der Waals surface area contributed by atoms with E-state index in [-0.39, 0.29) is 21.9 Å². The van der Waals surface area contributed by atoms with Crippen LogP contribution in [0.2, 0.25) is 0 Å². The lowest BCUT2D eigenvalue weighted by Gasteiger charge is -2.10. The van der Waals surface area contributed by atoms with Crippen molar-refractivity contribution in [3.05, 3.63) is 84.2 Å². The second-order valence-corrected chi connectivity index (χ2v) is 7.30. The van der Waals surface area contributed by atoms with Gasteiger partial charge in [0.05, 0.1) is 10.6 Å². The van der Waals surface area contributed by atoms with E-state index in [1.807, 2.05) is 0 Å². The minimum Gasteiger partial charge on any atom is -0.508 e. The number of phenols is 1. The van der Waals surface area contributed by atoms with Gasteiger partial charge >= 0.3 is 0 Å². The lowest BCUT2D eigenvalue weighted by molar-refractivity contribution is 0.102. The van der Waals surface area contributed by atoms with Crippen molar-refractivity contribution in [2.45, 2.75) is 4.90 Å². The molecule has 3 rings (SSSR count). The molecular formula is C19H15FN2O4S. The van der Waals surface area contributed by atoms with Crippen molar-refractivity contribution in [2.24, 2.45) is 0 Å². The molecule has 0 atom stereocenters. The number of carbonyl (C=O) groups is 1. The molecule has 0 radical (unpaired) electrons. The summed E-state index contributed by atoms with van der Waals surface area (Å²) in [7, 11) is -4.08. The Kier molecular flexibility index (Phi) is 5.09. The van der Waals surface area contributed by atoms with E-state index in [0.717, 1.165) is 6.07 Å². The van der Waals surface area contributed by atoms with E-state index in [1.54, 1.807) is 12.1 Å². The zero-order valence-corrected chi connectivity index (χ0v) is 14.7. The largest absolute Gasteiger partial charge is 0.508 e. The van der Waals surface area contributed by atoms with Crippen LogP contribution in [0, 0.1) is 5.82 Å². The average molecular weight is 386 g/mol. The van der Waals surface area contributed by atoms with Crippen LogP contribution in [0.4, 0.5) is 15.8 Å². The lowest BCUT2D eigenvalue weighted by atomic mass is 10.2. The van der Waals surface area contributed by atoms with Crippen LogP contribution in [0.3, 0.4) is 0 Å². The quantitative estimate of drug-likeness (QED) is 0.624. The van der Waals surface area contributed by atoms with Gasteiger partial charge in [0.15, 0.2) is 0 Å². The molecular weight excluding hydrogens is 371 g/mol. The number of hydrogen-bond acceptors (Lipinski definition) is 4. The number of anilines is 2. The molecule has 0 aliphatic carbocycles. The van der Waals surface area contributed by atoms with Crippen molar-refractivity contribution in [3.8, 4) is 5.75 Å². The van der Waals surface area contributed by atoms with Crippen LogP contribution in [-0.2, 0) is 10.0 Å². The first-order chi connectivity index (χ1) is 12.8. The predicted molar refractivity (Wildman–Crippen MR) is 99.7 cm³/mol. The first-order valence-corrected chi connectivity index (χ1v) is 9.31. The van der Waals surface area contributed by atoms with Crippen LogP contribution in [0.1, 0.15) is 10.4 Å². The van der Waals surface area contributed by atoms with E-state index in [0.29, 0.717) is 5.69 Å². The number of rotatable bonds is 5. The zero-order chi connectivity index (χ0) is 19.4. The summed E-state index contributed by atoms with van der Waals surface area (Å²) in [5, 5.41) is 12.0. The summed E-state index contributed by atoms with van der Waals surface area (Å²) >= 11 is 0. The van der Waals surface area contributed by atoms with Gasteiger partial charge in [0.1, 0.15) is 11.6 Å². The Morgan fingerprint density at radius 2 is 1.67 bits per heavy atom. The molecule has 0 unspecified atom stereocenters. The fraction of sp³-hybridized carbons (Fsp3) is 0. The summed E-state index contributed by atoms with van der Waals surface area (Å²) in [5.41, 5.74) is 0.264. The molecule has 1 amide bonds. The first-order valence-electron chi connectivity index (χ1n) is 7.83. The maximum atomic E-state index is 13.7. The minimum absolute atomic E-state index is 0.0155. The van der Waals surface area contributed by atoms with Crippen molar-refractivity contribution in [3.63, 3.8) is 0 Å². The molecule has 0 spiro atoms. The molecule has 0 fully saturated rings. The Hall–Kier alpha value is -3.39. The average Bonchev–Trinajstić information content (AvgIpc) is 2.64. The van der Waals surface area contributed by atoms with Gasteiger partial charge in [-0.05, 0) is 42.5 Å². The van der Waals surface area contributed by atoms with Crippen molar-refractivity contribution in [1.82, 2.24) is 0 Å². The van der Waals surface area contributed by atoms with E-state index < -0.39 is 21.7 Å². The van der Waals surface area contributed by atoms with Gasteiger partial charge < -0.3 is 10.4 Å². The highest BCUT2D eigenvalue weighted by Gasteiger charge is 2.18. The first kappa shape index (κ1) is 18.4. The van der Waals surface area contributed by atoms with Gasteiger partial charge in [-0.15, -0.1) is 0 Å². The molecule has 0 bridgehead atoms. The zero-order valence-electron chi connectivity index (χ0n) is 13.9. The van der Waals surface area contributed by atoms with Gasteiger partial charge in [-0.3, -0.25) is 9.52 Å². The monoisotopic (exact) mass is 386 g/mol. The highest BCUT2D eigenvalue weighted by Crippen LogP contribution is 2.21. The Labute approximate surface area is 155 Å². The summed E-state index contributed by atoms with van der Waals surface area (Å²) in [6, 6.07) is 16.7. The number of benzene rings is 3. The summed E-state index contributed by atoms with van der Waals surface area (Å²) < 4.78 is 40.8. The van der Waals surface area contributed by atoms with E-state index >= 15 is 0 Å². The molecule has 0 saturated heterocycles. The third-order valence-corrected chi connectivity index (χ3v) is 4.99. The van der Waals surface area contributed by atoms with E-state index in [9.17, 15) is 22.7 Å². The Bertz CT molecular complexity index is 1100. The number of sulfonamides is 1. The molecule has 3 aromatic rings. The Morgan fingerprint density at radius 1 is 0.926 bits per heavy atom. The summed E-state index contributed by atoms with van der Waals surface area (Å²) in [5.74, 6) is -1.28. The summed E-state index contributed by atoms with van der Waals surface area (Å²) in [6.45, 7) is 0. The maximum Gasteiger partial charge on any atom is 0.262 e. The van der Waals surface area contributed by atoms with Gasteiger partial charge in [-0.25, -0.2) is 12.8 Å². The van der Waals surface area contributed by atoms with E-state index in [1.165, 1.54) is 54.6 Å². The van der Waals surface area contributed by atoms with Crippen molar-refractivity contribution in [1.29, 1.82) is 0 Å². The standard InChI is InChI=1S/C19H15FN2O4S/c20-17-9-1-2-10-18(17)22-27(25,26)16-8-3-5-13(11-16)19(24)21-14-6-4-7-15(23)12-14/h1-12,22-23H,(H,21,24). The van der Waals surface area contributed by atoms with Crippen LogP contribution in [0.5, 0.6) is 5.75 Å². The number of para-hydroxylation sites is 1. The van der Waals surface area contributed by atoms with Crippen molar-refractivity contribution < 1.29 is 22.7 Å². The third-order valence-electron chi connectivity index (χ3n) is 3.63. The smallest absolute Gasteiger partial charge is 0.262 e. The number of phenolic OH excluding ortho intramolecular Hbond substituents is 1. The second kappa shape index (κ2) is 7.46. The Balaban J connectivity index is 1.84. The molecule has 3 aromatic carbocycles. The van der Waals surface area contributed by atoms with Crippen LogP contribution >= 0.6 is 0 Å². The molecule has 8 heteroatoms. The summed E-state index contributed by atoms with van der Waals surface area (Å²) in [6.07, 6.45) is 0. The molecule has 6 nitrogen and oxygen atoms in total. The summed E-state index contributed by atoms with van der Waals surface area (Å²) in [4.78, 5) is 12.2. The highest BCUT2D eigenvalue weighted by molar-refractivity contribution is 7.92. The predicted octanol–water partition coefficient (Wildman–Crippen LogP) is 3.58.